The first-order valence-electron chi connectivity index (χ1n) is 7.42. The van der Waals surface area contributed by atoms with Crippen molar-refractivity contribution in [1.29, 1.82) is 0 Å². The Morgan fingerprint density at radius 1 is 1.41 bits per heavy atom. The maximum Gasteiger partial charge on any atom is 0.292 e. The number of hydrogen-bond acceptors (Lipinski definition) is 3. The molecule has 120 valence electrons. The monoisotopic (exact) mass is 326 g/mol. The number of nitrogens with one attached hydrogen (secondary N) is 2. The number of nitrogens with zero attached hydrogens (tertiary/aromatic N) is 1. The normalized spacial score (nSPS) is 24.8. The van der Waals surface area contributed by atoms with Gasteiger partial charge < -0.3 is 10.2 Å². The fraction of sp³-hybridized carbons (Fsp3) is 0.533. The first-order valence-corrected chi connectivity index (χ1v) is 7.80. The molecule has 0 saturated carbocycles. The number of carbonyl (C=O) groups is 1. The number of halogens is 1. The number of likely N-dealkylation sites (tertiary alicyclic amines) is 1. The molecule has 1 heterocycles. The van der Waals surface area contributed by atoms with E-state index in [9.17, 15) is 14.9 Å². The standard InChI is InChI=1S/C15H20ClN3O3/c1-10-5-11(2)8-18(7-10)9-15(20)17-13-6-12(16)3-4-14(13)19(21)22/h3-4,6,10-11H,5,7-9H2,1-2H3,(H,17,20)/p+1/t10-,11+. The van der Waals surface area contributed by atoms with Gasteiger partial charge in [0.2, 0.25) is 0 Å². The summed E-state index contributed by atoms with van der Waals surface area (Å²) in [6.45, 7) is 6.61. The van der Waals surface area contributed by atoms with E-state index in [1.807, 2.05) is 0 Å². The van der Waals surface area contributed by atoms with E-state index in [1.165, 1.54) is 29.5 Å². The molecule has 22 heavy (non-hydrogen) atoms. The van der Waals surface area contributed by atoms with Gasteiger partial charge >= 0.3 is 0 Å². The van der Waals surface area contributed by atoms with Gasteiger partial charge in [0, 0.05) is 22.9 Å². The lowest BCUT2D eigenvalue weighted by atomic mass is 9.92. The van der Waals surface area contributed by atoms with Gasteiger partial charge in [0.15, 0.2) is 6.54 Å². The average molecular weight is 327 g/mol. The largest absolute Gasteiger partial charge is 0.327 e. The maximum atomic E-state index is 12.2. The lowest BCUT2D eigenvalue weighted by Crippen LogP contribution is -3.15. The van der Waals surface area contributed by atoms with Gasteiger partial charge in [0.25, 0.3) is 11.6 Å². The molecular weight excluding hydrogens is 306 g/mol. The molecule has 1 saturated heterocycles. The highest BCUT2D eigenvalue weighted by atomic mass is 35.5. The summed E-state index contributed by atoms with van der Waals surface area (Å²) in [6, 6.07) is 4.15. The lowest BCUT2D eigenvalue weighted by molar-refractivity contribution is -0.904. The maximum absolute atomic E-state index is 12.2. The molecule has 1 aliphatic heterocycles. The van der Waals surface area contributed by atoms with E-state index >= 15 is 0 Å². The van der Waals surface area contributed by atoms with Gasteiger partial charge in [-0.25, -0.2) is 0 Å². The van der Waals surface area contributed by atoms with E-state index in [0.29, 0.717) is 23.4 Å². The number of quaternary nitrogens is 1. The summed E-state index contributed by atoms with van der Waals surface area (Å²) in [6.07, 6.45) is 1.19. The second-order valence-electron chi connectivity index (χ2n) is 6.25. The minimum Gasteiger partial charge on any atom is -0.327 e. The number of nitro benzene ring substituents is 1. The van der Waals surface area contributed by atoms with Crippen LogP contribution in [0.15, 0.2) is 18.2 Å². The SMILES string of the molecule is C[C@@H]1C[C@H](C)C[NH+](CC(=O)Nc2cc(Cl)ccc2[N+](=O)[O-])C1. The Labute approximate surface area is 134 Å². The number of rotatable bonds is 4. The van der Waals surface area contributed by atoms with Gasteiger partial charge in [-0.1, -0.05) is 25.4 Å². The second-order valence-corrected chi connectivity index (χ2v) is 6.68. The van der Waals surface area contributed by atoms with Gasteiger partial charge in [0.1, 0.15) is 5.69 Å². The fourth-order valence-corrected chi connectivity index (χ4v) is 3.43. The van der Waals surface area contributed by atoms with Crippen LogP contribution in [-0.4, -0.2) is 30.5 Å². The lowest BCUT2D eigenvalue weighted by Gasteiger charge is -2.31. The van der Waals surface area contributed by atoms with Crippen LogP contribution in [0.1, 0.15) is 20.3 Å². The Hall–Kier alpha value is -1.66. The molecule has 7 heteroatoms. The number of hydrogen-bond donors (Lipinski definition) is 2. The van der Waals surface area contributed by atoms with Crippen LogP contribution in [0.5, 0.6) is 0 Å². The molecule has 2 N–H and O–H groups in total. The summed E-state index contributed by atoms with van der Waals surface area (Å²) in [7, 11) is 0. The number of amides is 1. The predicted octanol–water partition coefficient (Wildman–Crippen LogP) is 1.75. The summed E-state index contributed by atoms with van der Waals surface area (Å²) in [5, 5.41) is 14.0. The van der Waals surface area contributed by atoms with Gasteiger partial charge in [0.05, 0.1) is 18.0 Å². The Balaban J connectivity index is 2.03. The van der Waals surface area contributed by atoms with Crippen LogP contribution in [0.25, 0.3) is 0 Å². The van der Waals surface area contributed by atoms with E-state index in [-0.39, 0.29) is 17.3 Å². The van der Waals surface area contributed by atoms with Crippen molar-refractivity contribution < 1.29 is 14.6 Å². The second kappa shape index (κ2) is 7.07. The highest BCUT2D eigenvalue weighted by Crippen LogP contribution is 2.27. The fourth-order valence-electron chi connectivity index (χ4n) is 3.26. The molecule has 0 aromatic heterocycles. The van der Waals surface area contributed by atoms with Crippen LogP contribution in [0.4, 0.5) is 11.4 Å². The van der Waals surface area contributed by atoms with E-state index in [1.54, 1.807) is 0 Å². The van der Waals surface area contributed by atoms with E-state index in [4.69, 9.17) is 11.6 Å². The first kappa shape index (κ1) is 16.7. The summed E-state index contributed by atoms with van der Waals surface area (Å²) < 4.78 is 0. The minimum atomic E-state index is -0.524. The van der Waals surface area contributed by atoms with Crippen LogP contribution in [0, 0.1) is 22.0 Å². The third kappa shape index (κ3) is 4.42. The molecule has 1 aromatic carbocycles. The van der Waals surface area contributed by atoms with Crippen LogP contribution < -0.4 is 10.2 Å². The molecule has 1 aliphatic rings. The van der Waals surface area contributed by atoms with Crippen LogP contribution in [0.3, 0.4) is 0 Å². The molecule has 6 nitrogen and oxygen atoms in total. The van der Waals surface area contributed by atoms with Crippen molar-refractivity contribution in [1.82, 2.24) is 0 Å². The number of piperidine rings is 1. The molecule has 0 radical (unpaired) electrons. The zero-order chi connectivity index (χ0) is 16.3. The topological polar surface area (TPSA) is 76.7 Å². The average Bonchev–Trinajstić information content (AvgIpc) is 2.36. The number of benzene rings is 1. The third-order valence-corrected chi connectivity index (χ3v) is 4.15. The van der Waals surface area contributed by atoms with Crippen molar-refractivity contribution in [3.05, 3.63) is 33.3 Å². The Morgan fingerprint density at radius 3 is 2.64 bits per heavy atom. The number of carbonyl (C=O) groups excluding carboxylic acids is 1. The zero-order valence-corrected chi connectivity index (χ0v) is 13.5. The van der Waals surface area contributed by atoms with Crippen LogP contribution in [-0.2, 0) is 4.79 Å². The molecule has 1 unspecified atom stereocenters. The highest BCUT2D eigenvalue weighted by Gasteiger charge is 2.27. The predicted molar refractivity (Wildman–Crippen MR) is 85.2 cm³/mol. The van der Waals surface area contributed by atoms with Crippen LogP contribution in [0.2, 0.25) is 5.02 Å². The summed E-state index contributed by atoms with van der Waals surface area (Å²) in [5.41, 5.74) is 0.00753. The van der Waals surface area contributed by atoms with E-state index in [0.717, 1.165) is 13.1 Å². The minimum absolute atomic E-state index is 0.145. The Kier molecular flexibility index (Phi) is 5.37. The molecule has 0 aliphatic carbocycles. The third-order valence-electron chi connectivity index (χ3n) is 3.92. The molecule has 1 fully saturated rings. The summed E-state index contributed by atoms with van der Waals surface area (Å²) in [5.74, 6) is 0.959. The quantitative estimate of drug-likeness (QED) is 0.653. The van der Waals surface area contributed by atoms with Crippen molar-refractivity contribution in [2.45, 2.75) is 20.3 Å². The number of anilines is 1. The smallest absolute Gasteiger partial charge is 0.292 e. The Morgan fingerprint density at radius 2 is 2.05 bits per heavy atom. The van der Waals surface area contributed by atoms with Gasteiger partial charge in [-0.15, -0.1) is 0 Å². The molecule has 1 amide bonds. The van der Waals surface area contributed by atoms with Gasteiger partial charge in [-0.05, 0) is 18.6 Å². The number of nitro groups is 1. The van der Waals surface area contributed by atoms with Crippen molar-refractivity contribution in [2.75, 3.05) is 25.0 Å². The molecule has 2 rings (SSSR count). The molecule has 0 bridgehead atoms. The molecule has 0 spiro atoms. The molecular formula is C15H21ClN3O3+. The first-order chi connectivity index (χ1) is 10.3. The summed E-state index contributed by atoms with van der Waals surface area (Å²) >= 11 is 5.86. The van der Waals surface area contributed by atoms with Crippen molar-refractivity contribution >= 4 is 28.9 Å². The molecule has 3 atom stereocenters. The van der Waals surface area contributed by atoms with Gasteiger partial charge in [-0.2, -0.15) is 0 Å². The van der Waals surface area contributed by atoms with Gasteiger partial charge in [-0.3, -0.25) is 14.9 Å². The summed E-state index contributed by atoms with van der Waals surface area (Å²) in [4.78, 5) is 23.9. The van der Waals surface area contributed by atoms with Crippen molar-refractivity contribution in [2.24, 2.45) is 11.8 Å². The Bertz CT molecular complexity index is 569. The zero-order valence-electron chi connectivity index (χ0n) is 12.8. The van der Waals surface area contributed by atoms with Crippen molar-refractivity contribution in [3.63, 3.8) is 0 Å². The van der Waals surface area contributed by atoms with Crippen LogP contribution >= 0.6 is 11.6 Å². The van der Waals surface area contributed by atoms with E-state index < -0.39 is 4.92 Å². The molecule has 1 aromatic rings. The highest BCUT2D eigenvalue weighted by molar-refractivity contribution is 6.31. The van der Waals surface area contributed by atoms with E-state index in [2.05, 4.69) is 19.2 Å². The van der Waals surface area contributed by atoms with Crippen molar-refractivity contribution in [3.8, 4) is 0 Å².